The van der Waals surface area contributed by atoms with Gasteiger partial charge in [-0.3, -0.25) is 0 Å². The summed E-state index contributed by atoms with van der Waals surface area (Å²) in [6.45, 7) is 2.23. The standard InChI is InChI=1S/C18H17Cl2N3S3/c1-23-7-6-10-14(8-23)26-17-15(10)16(21-18(22-17)24-2)25-9-11-12(19)4-3-5-13(11)20/h3-5H,6-9H2,1-2H3/p+1. The lowest BCUT2D eigenvalue weighted by molar-refractivity contribution is -0.895. The van der Waals surface area contributed by atoms with Crippen molar-refractivity contribution in [2.24, 2.45) is 0 Å². The van der Waals surface area contributed by atoms with E-state index in [9.17, 15) is 0 Å². The van der Waals surface area contributed by atoms with Crippen molar-refractivity contribution in [3.8, 4) is 0 Å². The molecule has 2 aromatic heterocycles. The fourth-order valence-electron chi connectivity index (χ4n) is 3.17. The number of halogens is 2. The van der Waals surface area contributed by atoms with Gasteiger partial charge in [0, 0.05) is 27.6 Å². The van der Waals surface area contributed by atoms with Crippen molar-refractivity contribution in [2.45, 2.75) is 28.9 Å². The van der Waals surface area contributed by atoms with E-state index in [1.165, 1.54) is 15.8 Å². The number of benzene rings is 1. The summed E-state index contributed by atoms with van der Waals surface area (Å²) in [4.78, 5) is 13.7. The number of thiophene rings is 1. The molecule has 4 rings (SSSR count). The Labute approximate surface area is 175 Å². The fraction of sp³-hybridized carbons (Fsp3) is 0.333. The number of thioether (sulfide) groups is 2. The van der Waals surface area contributed by atoms with Crippen LogP contribution in [0.5, 0.6) is 0 Å². The minimum Gasteiger partial charge on any atom is -0.333 e. The molecule has 1 unspecified atom stereocenters. The van der Waals surface area contributed by atoms with E-state index in [1.54, 1.807) is 28.4 Å². The molecule has 1 N–H and O–H groups in total. The maximum absolute atomic E-state index is 6.35. The van der Waals surface area contributed by atoms with Gasteiger partial charge in [-0.25, -0.2) is 9.97 Å². The van der Waals surface area contributed by atoms with Gasteiger partial charge in [-0.2, -0.15) is 0 Å². The highest BCUT2D eigenvalue weighted by molar-refractivity contribution is 7.99. The number of fused-ring (bicyclic) bond motifs is 3. The quantitative estimate of drug-likeness (QED) is 0.363. The molecule has 0 saturated heterocycles. The van der Waals surface area contributed by atoms with Gasteiger partial charge in [-0.15, -0.1) is 23.1 Å². The molecular weight excluding hydrogens is 425 g/mol. The second-order valence-corrected chi connectivity index (χ2v) is 9.96. The monoisotopic (exact) mass is 442 g/mol. The molecule has 3 heterocycles. The molecular formula is C18H18Cl2N3S3+. The highest BCUT2D eigenvalue weighted by Crippen LogP contribution is 2.40. The van der Waals surface area contributed by atoms with E-state index in [0.717, 1.165) is 40.1 Å². The van der Waals surface area contributed by atoms with Crippen LogP contribution in [0, 0.1) is 0 Å². The predicted octanol–water partition coefficient (Wildman–Crippen LogP) is 4.58. The zero-order chi connectivity index (χ0) is 18.3. The van der Waals surface area contributed by atoms with Gasteiger partial charge >= 0.3 is 0 Å². The highest BCUT2D eigenvalue weighted by atomic mass is 35.5. The van der Waals surface area contributed by atoms with Gasteiger partial charge in [0.05, 0.1) is 18.5 Å². The lowest BCUT2D eigenvalue weighted by atomic mass is 10.1. The molecule has 1 atom stereocenters. The van der Waals surface area contributed by atoms with Crippen LogP contribution < -0.4 is 4.90 Å². The minimum atomic E-state index is 0.703. The maximum Gasteiger partial charge on any atom is 0.189 e. The van der Waals surface area contributed by atoms with E-state index in [4.69, 9.17) is 33.2 Å². The van der Waals surface area contributed by atoms with Gasteiger partial charge in [0.15, 0.2) is 5.16 Å². The second-order valence-electron chi connectivity index (χ2n) is 6.32. The highest BCUT2D eigenvalue weighted by Gasteiger charge is 2.25. The van der Waals surface area contributed by atoms with Crippen molar-refractivity contribution >= 4 is 68.3 Å². The SMILES string of the molecule is CSc1nc(SCc2c(Cl)cccc2Cl)c2c3c(sc2n1)C[NH+](C)CC3. The molecule has 0 amide bonds. The van der Waals surface area contributed by atoms with Gasteiger partial charge in [-0.1, -0.05) is 41.0 Å². The van der Waals surface area contributed by atoms with Crippen LogP contribution in [0.1, 0.15) is 16.0 Å². The molecule has 0 saturated carbocycles. The molecule has 26 heavy (non-hydrogen) atoms. The van der Waals surface area contributed by atoms with Gasteiger partial charge < -0.3 is 4.90 Å². The predicted molar refractivity (Wildman–Crippen MR) is 114 cm³/mol. The number of hydrogen-bond donors (Lipinski definition) is 1. The van der Waals surface area contributed by atoms with Crippen molar-refractivity contribution in [1.29, 1.82) is 0 Å². The van der Waals surface area contributed by atoms with Crippen LogP contribution in [-0.2, 0) is 18.7 Å². The van der Waals surface area contributed by atoms with E-state index in [2.05, 4.69) is 7.05 Å². The number of nitrogens with one attached hydrogen (secondary N) is 1. The molecule has 8 heteroatoms. The molecule has 1 aromatic carbocycles. The molecule has 0 fully saturated rings. The number of aromatic nitrogens is 2. The Morgan fingerprint density at radius 1 is 1.23 bits per heavy atom. The van der Waals surface area contributed by atoms with Crippen molar-refractivity contribution in [2.75, 3.05) is 19.8 Å². The van der Waals surface area contributed by atoms with Gasteiger partial charge in [-0.05, 0) is 29.5 Å². The number of nitrogens with zero attached hydrogens (tertiary/aromatic N) is 2. The van der Waals surface area contributed by atoms with Crippen molar-refractivity contribution in [3.63, 3.8) is 0 Å². The molecule has 136 valence electrons. The first-order valence-electron chi connectivity index (χ1n) is 8.30. The summed E-state index contributed by atoms with van der Waals surface area (Å²) in [7, 11) is 2.25. The Morgan fingerprint density at radius 3 is 2.73 bits per heavy atom. The Morgan fingerprint density at radius 2 is 2.00 bits per heavy atom. The molecule has 1 aliphatic heterocycles. The summed E-state index contributed by atoms with van der Waals surface area (Å²) in [5.41, 5.74) is 2.41. The van der Waals surface area contributed by atoms with E-state index >= 15 is 0 Å². The van der Waals surface area contributed by atoms with Crippen molar-refractivity contribution in [3.05, 3.63) is 44.2 Å². The summed E-state index contributed by atoms with van der Waals surface area (Å²) in [5, 5.41) is 4.52. The third-order valence-electron chi connectivity index (χ3n) is 4.54. The molecule has 3 aromatic rings. The lowest BCUT2D eigenvalue weighted by Gasteiger charge is -2.19. The van der Waals surface area contributed by atoms with Gasteiger partial charge in [0.25, 0.3) is 0 Å². The molecule has 1 aliphatic rings. The number of likely N-dealkylation sites (N-methyl/N-ethyl adjacent to an activating group) is 1. The summed E-state index contributed by atoms with van der Waals surface area (Å²) in [5.74, 6) is 0.703. The van der Waals surface area contributed by atoms with E-state index < -0.39 is 0 Å². The Balaban J connectivity index is 1.76. The second kappa shape index (κ2) is 7.86. The fourth-order valence-corrected chi connectivity index (χ4v) is 6.84. The van der Waals surface area contributed by atoms with Crippen LogP contribution in [0.25, 0.3) is 10.2 Å². The maximum atomic E-state index is 6.35. The van der Waals surface area contributed by atoms with Crippen LogP contribution in [0.2, 0.25) is 10.0 Å². The van der Waals surface area contributed by atoms with Crippen LogP contribution in [0.3, 0.4) is 0 Å². The minimum absolute atomic E-state index is 0.703. The van der Waals surface area contributed by atoms with Crippen molar-refractivity contribution < 1.29 is 4.90 Å². The average molecular weight is 443 g/mol. The Hall–Kier alpha value is -0.500. The number of rotatable bonds is 4. The third kappa shape index (κ3) is 3.60. The van der Waals surface area contributed by atoms with Crippen LogP contribution in [-0.4, -0.2) is 29.8 Å². The number of quaternary nitrogens is 1. The van der Waals surface area contributed by atoms with Crippen LogP contribution in [0.15, 0.2) is 28.4 Å². The molecule has 0 spiro atoms. The summed E-state index contributed by atoms with van der Waals surface area (Å²) >= 11 is 17.8. The normalized spacial score (nSPS) is 16.8. The van der Waals surface area contributed by atoms with Gasteiger partial charge in [0.1, 0.15) is 16.4 Å². The topological polar surface area (TPSA) is 30.2 Å². The Kier molecular flexibility index (Phi) is 5.69. The first kappa shape index (κ1) is 18.8. The number of hydrogen-bond acceptors (Lipinski definition) is 5. The van der Waals surface area contributed by atoms with Crippen molar-refractivity contribution in [1.82, 2.24) is 9.97 Å². The summed E-state index contributed by atoms with van der Waals surface area (Å²) < 4.78 is 0. The summed E-state index contributed by atoms with van der Waals surface area (Å²) in [6, 6.07) is 5.65. The molecule has 3 nitrogen and oxygen atoms in total. The van der Waals surface area contributed by atoms with E-state index in [0.29, 0.717) is 15.8 Å². The van der Waals surface area contributed by atoms with Crippen LogP contribution >= 0.6 is 58.1 Å². The largest absolute Gasteiger partial charge is 0.333 e. The Bertz CT molecular complexity index is 954. The van der Waals surface area contributed by atoms with E-state index in [1.807, 2.05) is 35.8 Å². The van der Waals surface area contributed by atoms with Crippen LogP contribution in [0.4, 0.5) is 0 Å². The van der Waals surface area contributed by atoms with Gasteiger partial charge in [0.2, 0.25) is 0 Å². The van der Waals surface area contributed by atoms with E-state index in [-0.39, 0.29) is 0 Å². The molecule has 0 aliphatic carbocycles. The molecule has 0 radical (unpaired) electrons. The smallest absolute Gasteiger partial charge is 0.189 e. The zero-order valence-electron chi connectivity index (χ0n) is 14.4. The lowest BCUT2D eigenvalue weighted by Crippen LogP contribution is -3.08. The third-order valence-corrected chi connectivity index (χ3v) is 7.93. The average Bonchev–Trinajstić information content (AvgIpc) is 2.98. The zero-order valence-corrected chi connectivity index (χ0v) is 18.4. The first-order valence-corrected chi connectivity index (χ1v) is 12.1. The first-order chi connectivity index (χ1) is 12.6. The summed E-state index contributed by atoms with van der Waals surface area (Å²) in [6.07, 6.45) is 3.11. The molecule has 0 bridgehead atoms.